The summed E-state index contributed by atoms with van der Waals surface area (Å²) >= 11 is 15.2. The summed E-state index contributed by atoms with van der Waals surface area (Å²) in [5, 5.41) is 11.4. The maximum absolute atomic E-state index is 12.6. The topological polar surface area (TPSA) is 96.0 Å². The number of nitrogens with zero attached hydrogens (tertiary/aromatic N) is 2. The predicted molar refractivity (Wildman–Crippen MR) is 86.6 cm³/mol. The van der Waals surface area contributed by atoms with Crippen molar-refractivity contribution in [1.29, 1.82) is 0 Å². The van der Waals surface area contributed by atoms with Crippen molar-refractivity contribution < 1.29 is 13.6 Å². The molecular weight excluding hydrogens is 405 g/mol. The molecule has 0 radical (unpaired) electrons. The van der Waals surface area contributed by atoms with E-state index in [2.05, 4.69) is 21.1 Å². The van der Waals surface area contributed by atoms with Crippen LogP contribution in [-0.2, 0) is 10.0 Å². The third-order valence-electron chi connectivity index (χ3n) is 2.85. The molecule has 1 atom stereocenters. The molecule has 0 spiro atoms. The molecule has 0 aliphatic heterocycles. The van der Waals surface area contributed by atoms with E-state index in [9.17, 15) is 8.42 Å². The summed E-state index contributed by atoms with van der Waals surface area (Å²) in [7, 11) is -2.54. The molecule has 0 aliphatic rings. The SMILES string of the molecule is CC(CC(N)=NO)N(C)S(=O)(=O)c1c(Cl)cc(Br)cc1Cl. The molecular formula is C11H14BrCl2N3O3S. The summed E-state index contributed by atoms with van der Waals surface area (Å²) < 4.78 is 26.8. The maximum Gasteiger partial charge on any atom is 0.246 e. The van der Waals surface area contributed by atoms with Gasteiger partial charge < -0.3 is 10.9 Å². The van der Waals surface area contributed by atoms with Gasteiger partial charge in [0.25, 0.3) is 0 Å². The van der Waals surface area contributed by atoms with E-state index in [4.69, 9.17) is 34.1 Å². The smallest absolute Gasteiger partial charge is 0.246 e. The molecule has 10 heteroatoms. The second-order valence-corrected chi connectivity index (χ2v) is 8.03. The molecule has 1 rings (SSSR count). The Balaban J connectivity index is 3.23. The van der Waals surface area contributed by atoms with Crippen LogP contribution in [0.15, 0.2) is 26.7 Å². The molecule has 0 heterocycles. The minimum atomic E-state index is -3.91. The van der Waals surface area contributed by atoms with Gasteiger partial charge in [-0.2, -0.15) is 4.31 Å². The summed E-state index contributed by atoms with van der Waals surface area (Å²) in [6.45, 7) is 1.62. The molecule has 0 saturated carbocycles. The highest BCUT2D eigenvalue weighted by atomic mass is 79.9. The Hall–Kier alpha value is -0.540. The molecule has 0 amide bonds. The molecule has 3 N–H and O–H groups in total. The number of amidine groups is 1. The number of oxime groups is 1. The van der Waals surface area contributed by atoms with Crippen LogP contribution in [0.3, 0.4) is 0 Å². The van der Waals surface area contributed by atoms with Crippen LogP contribution < -0.4 is 5.73 Å². The van der Waals surface area contributed by atoms with Gasteiger partial charge in [0, 0.05) is 24.0 Å². The van der Waals surface area contributed by atoms with E-state index in [1.807, 2.05) is 0 Å². The minimum Gasteiger partial charge on any atom is -0.409 e. The van der Waals surface area contributed by atoms with Crippen LogP contribution in [0.25, 0.3) is 0 Å². The van der Waals surface area contributed by atoms with Gasteiger partial charge in [0.15, 0.2) is 0 Å². The first kappa shape index (κ1) is 18.5. The monoisotopic (exact) mass is 417 g/mol. The Kier molecular flexibility index (Phi) is 6.30. The highest BCUT2D eigenvalue weighted by molar-refractivity contribution is 9.10. The van der Waals surface area contributed by atoms with E-state index >= 15 is 0 Å². The number of nitrogens with two attached hydrogens (primary N) is 1. The fraction of sp³-hybridized carbons (Fsp3) is 0.364. The first-order chi connectivity index (χ1) is 9.61. The Labute approximate surface area is 141 Å². The largest absolute Gasteiger partial charge is 0.409 e. The van der Waals surface area contributed by atoms with Crippen LogP contribution in [0.5, 0.6) is 0 Å². The average molecular weight is 419 g/mol. The molecule has 0 saturated heterocycles. The lowest BCUT2D eigenvalue weighted by atomic mass is 10.2. The third kappa shape index (κ3) is 4.23. The van der Waals surface area contributed by atoms with Gasteiger partial charge in [-0.15, -0.1) is 0 Å². The summed E-state index contributed by atoms with van der Waals surface area (Å²) in [4.78, 5) is -0.178. The number of halogens is 3. The van der Waals surface area contributed by atoms with Crippen LogP contribution in [-0.4, -0.2) is 36.9 Å². The summed E-state index contributed by atoms with van der Waals surface area (Å²) in [5.41, 5.74) is 5.39. The molecule has 0 aromatic heterocycles. The van der Waals surface area contributed by atoms with E-state index in [1.54, 1.807) is 6.92 Å². The summed E-state index contributed by atoms with van der Waals surface area (Å²) in [6.07, 6.45) is 0.0675. The van der Waals surface area contributed by atoms with Crippen LogP contribution in [0.1, 0.15) is 13.3 Å². The molecule has 0 bridgehead atoms. The average Bonchev–Trinajstić information content (AvgIpc) is 2.35. The normalized spacial score (nSPS) is 14.5. The first-order valence-electron chi connectivity index (χ1n) is 5.70. The van der Waals surface area contributed by atoms with Crippen LogP contribution in [0, 0.1) is 0 Å². The number of benzene rings is 1. The molecule has 1 aromatic carbocycles. The van der Waals surface area contributed by atoms with Gasteiger partial charge in [-0.3, -0.25) is 0 Å². The number of hydrogen-bond acceptors (Lipinski definition) is 4. The number of hydrogen-bond donors (Lipinski definition) is 2. The molecule has 0 aliphatic carbocycles. The van der Waals surface area contributed by atoms with E-state index in [0.717, 1.165) is 4.31 Å². The van der Waals surface area contributed by atoms with Gasteiger partial charge in [0.1, 0.15) is 10.7 Å². The Morgan fingerprint density at radius 2 is 1.95 bits per heavy atom. The quantitative estimate of drug-likeness (QED) is 0.332. The van der Waals surface area contributed by atoms with Crippen LogP contribution in [0.2, 0.25) is 10.0 Å². The van der Waals surface area contributed by atoms with E-state index in [0.29, 0.717) is 4.47 Å². The zero-order chi connectivity index (χ0) is 16.4. The van der Waals surface area contributed by atoms with Crippen molar-refractivity contribution in [1.82, 2.24) is 4.31 Å². The zero-order valence-electron chi connectivity index (χ0n) is 11.2. The Morgan fingerprint density at radius 3 is 2.38 bits per heavy atom. The van der Waals surface area contributed by atoms with Gasteiger partial charge in [-0.1, -0.05) is 44.3 Å². The van der Waals surface area contributed by atoms with E-state index in [-0.39, 0.29) is 27.2 Å². The van der Waals surface area contributed by atoms with Gasteiger partial charge in [-0.25, -0.2) is 8.42 Å². The predicted octanol–water partition coefficient (Wildman–Crippen LogP) is 2.90. The van der Waals surface area contributed by atoms with Gasteiger partial charge >= 0.3 is 0 Å². The highest BCUT2D eigenvalue weighted by Gasteiger charge is 2.30. The van der Waals surface area contributed by atoms with Crippen molar-refractivity contribution in [3.8, 4) is 0 Å². The lowest BCUT2D eigenvalue weighted by molar-refractivity contribution is 0.313. The number of rotatable bonds is 5. The standard InChI is InChI=1S/C11H14BrCl2N3O3S/c1-6(3-10(15)16-18)17(2)21(19,20)11-8(13)4-7(12)5-9(11)14/h4-6,18H,3H2,1-2H3,(H2,15,16). The fourth-order valence-electron chi connectivity index (χ4n) is 1.63. The molecule has 1 unspecified atom stereocenters. The lowest BCUT2D eigenvalue weighted by Crippen LogP contribution is -2.38. The van der Waals surface area contributed by atoms with Crippen LogP contribution in [0.4, 0.5) is 0 Å². The number of sulfonamides is 1. The van der Waals surface area contributed by atoms with Gasteiger partial charge in [0.05, 0.1) is 10.0 Å². The minimum absolute atomic E-state index is 0.0113. The second-order valence-electron chi connectivity index (χ2n) is 4.36. The Bertz CT molecular complexity index is 644. The van der Waals surface area contributed by atoms with Gasteiger partial charge in [0.2, 0.25) is 10.0 Å². The third-order valence-corrected chi connectivity index (χ3v) is 6.21. The molecule has 118 valence electrons. The van der Waals surface area contributed by atoms with Crippen molar-refractivity contribution in [3.63, 3.8) is 0 Å². The van der Waals surface area contributed by atoms with Crippen molar-refractivity contribution in [2.45, 2.75) is 24.3 Å². The lowest BCUT2D eigenvalue weighted by Gasteiger charge is -2.24. The van der Waals surface area contributed by atoms with E-state index < -0.39 is 16.1 Å². The molecule has 6 nitrogen and oxygen atoms in total. The van der Waals surface area contributed by atoms with Crippen molar-refractivity contribution in [3.05, 3.63) is 26.7 Å². The zero-order valence-corrected chi connectivity index (χ0v) is 15.1. The van der Waals surface area contributed by atoms with Gasteiger partial charge in [-0.05, 0) is 19.1 Å². The molecule has 21 heavy (non-hydrogen) atoms. The maximum atomic E-state index is 12.6. The fourth-order valence-corrected chi connectivity index (χ4v) is 4.87. The highest BCUT2D eigenvalue weighted by Crippen LogP contribution is 2.35. The van der Waals surface area contributed by atoms with Crippen molar-refractivity contribution in [2.24, 2.45) is 10.9 Å². The first-order valence-corrected chi connectivity index (χ1v) is 8.69. The molecule has 1 aromatic rings. The van der Waals surface area contributed by atoms with Crippen molar-refractivity contribution in [2.75, 3.05) is 7.05 Å². The summed E-state index contributed by atoms with van der Waals surface area (Å²) in [5.74, 6) is -0.0717. The van der Waals surface area contributed by atoms with Crippen molar-refractivity contribution >= 4 is 55.0 Å². The van der Waals surface area contributed by atoms with Crippen LogP contribution >= 0.6 is 39.1 Å². The summed E-state index contributed by atoms with van der Waals surface area (Å²) in [6, 6.07) is 2.35. The Morgan fingerprint density at radius 1 is 1.48 bits per heavy atom. The molecule has 0 fully saturated rings. The second kappa shape index (κ2) is 7.15. The van der Waals surface area contributed by atoms with E-state index in [1.165, 1.54) is 19.2 Å².